The number of imidazole rings is 1. The van der Waals surface area contributed by atoms with E-state index in [0.717, 1.165) is 21.1 Å². The van der Waals surface area contributed by atoms with Crippen LogP contribution in [0.15, 0.2) is 47.4 Å². The second-order valence-corrected chi connectivity index (χ2v) is 4.05. The first-order valence-electron chi connectivity index (χ1n) is 4.65. The van der Waals surface area contributed by atoms with Gasteiger partial charge in [0.2, 0.25) is 0 Å². The van der Waals surface area contributed by atoms with E-state index in [1.54, 1.807) is 31.1 Å². The van der Waals surface area contributed by atoms with Gasteiger partial charge in [-0.3, -0.25) is 4.98 Å². The Morgan fingerprint density at radius 1 is 1.12 bits per heavy atom. The maximum atomic E-state index is 4.23. The largest absolute Gasteiger partial charge is 0.339 e. The van der Waals surface area contributed by atoms with E-state index >= 15 is 0 Å². The van der Waals surface area contributed by atoms with Crippen LogP contribution in [0, 0.1) is 0 Å². The van der Waals surface area contributed by atoms with Gasteiger partial charge in [-0.2, -0.15) is 0 Å². The van der Waals surface area contributed by atoms with E-state index in [4.69, 9.17) is 0 Å². The van der Waals surface area contributed by atoms with E-state index in [9.17, 15) is 0 Å². The van der Waals surface area contributed by atoms with Crippen LogP contribution >= 0.6 is 11.8 Å². The van der Waals surface area contributed by atoms with Crippen molar-refractivity contribution in [2.75, 3.05) is 0 Å². The van der Waals surface area contributed by atoms with Crippen molar-refractivity contribution in [3.05, 3.63) is 37.2 Å². The van der Waals surface area contributed by atoms with Gasteiger partial charge in [-0.15, -0.1) is 0 Å². The highest BCUT2D eigenvalue weighted by atomic mass is 32.2. The third-order valence-corrected chi connectivity index (χ3v) is 3.00. The molecule has 0 aliphatic carbocycles. The first-order chi connectivity index (χ1) is 7.93. The first kappa shape index (κ1) is 9.29. The van der Waals surface area contributed by atoms with Crippen molar-refractivity contribution in [2.45, 2.75) is 10.2 Å². The van der Waals surface area contributed by atoms with Crippen LogP contribution in [0.1, 0.15) is 0 Å². The lowest BCUT2D eigenvalue weighted by Crippen LogP contribution is -1.88. The maximum absolute atomic E-state index is 4.23. The molecule has 78 valence electrons. The Morgan fingerprint density at radius 3 is 3.00 bits per heavy atom. The third-order valence-electron chi connectivity index (χ3n) is 2.07. The molecule has 0 amide bonds. The molecule has 5 nitrogen and oxygen atoms in total. The van der Waals surface area contributed by atoms with Gasteiger partial charge < -0.3 is 4.98 Å². The fourth-order valence-corrected chi connectivity index (χ4v) is 2.15. The molecule has 0 aliphatic heterocycles. The fraction of sp³-hybridized carbons (Fsp3) is 0. The summed E-state index contributed by atoms with van der Waals surface area (Å²) in [6.07, 6.45) is 8.53. The highest BCUT2D eigenvalue weighted by molar-refractivity contribution is 7.99. The number of hydrogen-bond acceptors (Lipinski definition) is 5. The number of nitrogens with one attached hydrogen (secondary N) is 1. The number of pyridine rings is 1. The van der Waals surface area contributed by atoms with Crippen LogP contribution in [0.25, 0.3) is 10.9 Å². The second kappa shape index (κ2) is 3.90. The molecule has 0 saturated carbocycles. The normalized spacial score (nSPS) is 10.8. The summed E-state index contributed by atoms with van der Waals surface area (Å²) in [4.78, 5) is 19.7. The zero-order chi connectivity index (χ0) is 10.8. The molecule has 3 heterocycles. The molecule has 16 heavy (non-hydrogen) atoms. The number of nitrogens with zero attached hydrogens (tertiary/aromatic N) is 4. The molecule has 3 aromatic rings. The molecule has 1 N–H and O–H groups in total. The molecule has 0 radical (unpaired) electrons. The Labute approximate surface area is 95.4 Å². The van der Waals surface area contributed by atoms with Crippen molar-refractivity contribution < 1.29 is 0 Å². The predicted octanol–water partition coefficient (Wildman–Crippen LogP) is 1.90. The Morgan fingerprint density at radius 2 is 2.12 bits per heavy atom. The van der Waals surface area contributed by atoms with Gasteiger partial charge in [-0.25, -0.2) is 15.0 Å². The van der Waals surface area contributed by atoms with Crippen molar-refractivity contribution in [1.82, 2.24) is 24.9 Å². The number of H-pyrrole nitrogens is 1. The van der Waals surface area contributed by atoms with Crippen molar-refractivity contribution in [2.24, 2.45) is 0 Å². The summed E-state index contributed by atoms with van der Waals surface area (Å²) in [7, 11) is 0. The van der Waals surface area contributed by atoms with Crippen LogP contribution in [0.2, 0.25) is 0 Å². The highest BCUT2D eigenvalue weighted by Crippen LogP contribution is 2.27. The zero-order valence-corrected chi connectivity index (χ0v) is 8.98. The van der Waals surface area contributed by atoms with Gasteiger partial charge >= 0.3 is 0 Å². The summed E-state index contributed by atoms with van der Waals surface area (Å²) in [5.41, 5.74) is 0.888. The third kappa shape index (κ3) is 1.63. The monoisotopic (exact) mass is 229 g/mol. The van der Waals surface area contributed by atoms with Crippen LogP contribution in [-0.4, -0.2) is 24.9 Å². The maximum Gasteiger partial charge on any atom is 0.171 e. The van der Waals surface area contributed by atoms with Gasteiger partial charge in [0, 0.05) is 24.8 Å². The molecule has 6 heteroatoms. The number of rotatable bonds is 2. The molecule has 3 rings (SSSR count). The Bertz CT molecular complexity index is 602. The lowest BCUT2D eigenvalue weighted by atomic mass is 10.3. The van der Waals surface area contributed by atoms with Gasteiger partial charge in [-0.1, -0.05) is 0 Å². The molecule has 0 fully saturated rings. The van der Waals surface area contributed by atoms with Gasteiger partial charge in [0.25, 0.3) is 0 Å². The fourth-order valence-electron chi connectivity index (χ4n) is 1.36. The Hall–Kier alpha value is -1.95. The molecular formula is C10H7N5S. The van der Waals surface area contributed by atoms with Crippen molar-refractivity contribution in [3.8, 4) is 0 Å². The SMILES string of the molecule is c1cc2ncnc(Sc3ncc[nH]3)c2cn1. The topological polar surface area (TPSA) is 67.3 Å². The molecule has 0 unspecified atom stereocenters. The molecule has 3 aromatic heterocycles. The summed E-state index contributed by atoms with van der Waals surface area (Å²) in [5.74, 6) is 0. The van der Waals surface area contributed by atoms with E-state index in [1.807, 2.05) is 6.07 Å². The molecule has 0 atom stereocenters. The molecule has 0 bridgehead atoms. The molecular weight excluding hydrogens is 222 g/mol. The Balaban J connectivity index is 2.10. The van der Waals surface area contributed by atoms with E-state index in [-0.39, 0.29) is 0 Å². The van der Waals surface area contributed by atoms with Gasteiger partial charge in [0.15, 0.2) is 5.16 Å². The quantitative estimate of drug-likeness (QED) is 0.680. The van der Waals surface area contributed by atoms with E-state index < -0.39 is 0 Å². The summed E-state index contributed by atoms with van der Waals surface area (Å²) < 4.78 is 0. The van der Waals surface area contributed by atoms with Crippen LogP contribution < -0.4 is 0 Å². The second-order valence-electron chi connectivity index (χ2n) is 3.07. The molecule has 0 aliphatic rings. The van der Waals surface area contributed by atoms with Crippen molar-refractivity contribution >= 4 is 22.7 Å². The zero-order valence-electron chi connectivity index (χ0n) is 8.16. The lowest BCUT2D eigenvalue weighted by Gasteiger charge is -2.01. The van der Waals surface area contributed by atoms with Crippen molar-refractivity contribution in [3.63, 3.8) is 0 Å². The standard InChI is InChI=1S/C10H7N5S/c1-2-11-5-7-8(1)14-6-15-9(7)16-10-12-3-4-13-10/h1-6H,(H,12,13). The van der Waals surface area contributed by atoms with Crippen LogP contribution in [0.5, 0.6) is 0 Å². The Kier molecular flexibility index (Phi) is 2.26. The average Bonchev–Trinajstić information content (AvgIpc) is 2.82. The minimum absolute atomic E-state index is 0.809. The summed E-state index contributed by atoms with van der Waals surface area (Å²) in [6.45, 7) is 0. The molecule has 0 saturated heterocycles. The lowest BCUT2D eigenvalue weighted by molar-refractivity contribution is 1.03. The average molecular weight is 229 g/mol. The van der Waals surface area contributed by atoms with E-state index in [2.05, 4.69) is 24.9 Å². The first-order valence-corrected chi connectivity index (χ1v) is 5.47. The molecule has 0 aromatic carbocycles. The van der Waals surface area contributed by atoms with Gasteiger partial charge in [0.05, 0.1) is 10.9 Å². The number of aromatic amines is 1. The smallest absolute Gasteiger partial charge is 0.171 e. The minimum atomic E-state index is 0.809. The number of aromatic nitrogens is 5. The summed E-state index contributed by atoms with van der Waals surface area (Å²) in [5, 5.41) is 2.60. The summed E-state index contributed by atoms with van der Waals surface area (Å²) >= 11 is 1.47. The highest BCUT2D eigenvalue weighted by Gasteiger charge is 2.06. The van der Waals surface area contributed by atoms with E-state index in [0.29, 0.717) is 0 Å². The number of fused-ring (bicyclic) bond motifs is 1. The van der Waals surface area contributed by atoms with Gasteiger partial charge in [0.1, 0.15) is 11.4 Å². The van der Waals surface area contributed by atoms with E-state index in [1.165, 1.54) is 11.8 Å². The van der Waals surface area contributed by atoms with Crippen LogP contribution in [0.3, 0.4) is 0 Å². The number of hydrogen-bond donors (Lipinski definition) is 1. The van der Waals surface area contributed by atoms with Crippen molar-refractivity contribution in [1.29, 1.82) is 0 Å². The predicted molar refractivity (Wildman–Crippen MR) is 60.0 cm³/mol. The summed E-state index contributed by atoms with van der Waals surface area (Å²) in [6, 6.07) is 1.86. The van der Waals surface area contributed by atoms with Gasteiger partial charge in [-0.05, 0) is 17.8 Å². The minimum Gasteiger partial charge on any atom is -0.339 e. The van der Waals surface area contributed by atoms with Crippen LogP contribution in [-0.2, 0) is 0 Å². The van der Waals surface area contributed by atoms with Crippen LogP contribution in [0.4, 0.5) is 0 Å². The molecule has 0 spiro atoms.